The molecule has 3 rings (SSSR count). The van der Waals surface area contributed by atoms with Gasteiger partial charge in [-0.05, 0) is 45.6 Å². The fourth-order valence-corrected chi connectivity index (χ4v) is 3.28. The first-order chi connectivity index (χ1) is 9.67. The maximum Gasteiger partial charge on any atom is 0.240 e. The van der Waals surface area contributed by atoms with Crippen molar-refractivity contribution in [3.8, 4) is 0 Å². The van der Waals surface area contributed by atoms with E-state index < -0.39 is 0 Å². The summed E-state index contributed by atoms with van der Waals surface area (Å²) >= 11 is 10.9. The van der Waals surface area contributed by atoms with Crippen LogP contribution in [0.5, 0.6) is 0 Å². The van der Waals surface area contributed by atoms with Crippen LogP contribution in [0.4, 0.5) is 17.5 Å². The lowest BCUT2D eigenvalue weighted by atomic mass is 10.3. The maximum absolute atomic E-state index is 5.94. The van der Waals surface area contributed by atoms with Gasteiger partial charge in [-0.2, -0.15) is 4.98 Å². The molecule has 20 heavy (non-hydrogen) atoms. The van der Waals surface area contributed by atoms with Crippen molar-refractivity contribution < 1.29 is 0 Å². The van der Waals surface area contributed by atoms with Crippen molar-refractivity contribution >= 4 is 66.5 Å². The Kier molecular flexibility index (Phi) is 3.75. The minimum absolute atomic E-state index is 0.368. The average Bonchev–Trinajstić information content (AvgIpc) is 2.90. The van der Waals surface area contributed by atoms with E-state index in [4.69, 9.17) is 17.4 Å². The van der Waals surface area contributed by atoms with E-state index in [0.29, 0.717) is 16.8 Å². The van der Waals surface area contributed by atoms with E-state index in [9.17, 15) is 0 Å². The van der Waals surface area contributed by atoms with Crippen LogP contribution in [-0.2, 0) is 0 Å². The van der Waals surface area contributed by atoms with Crippen LogP contribution in [0.1, 0.15) is 0 Å². The van der Waals surface area contributed by atoms with Crippen LogP contribution in [0.3, 0.4) is 0 Å². The number of halogens is 2. The Labute approximate surface area is 132 Å². The Morgan fingerprint density at radius 1 is 1.25 bits per heavy atom. The predicted octanol–water partition coefficient (Wildman–Crippen LogP) is 4.14. The summed E-state index contributed by atoms with van der Waals surface area (Å²) in [5.74, 6) is 6.45. The summed E-state index contributed by atoms with van der Waals surface area (Å²) in [6.07, 6.45) is 0. The quantitative estimate of drug-likeness (QED) is 0.477. The molecule has 5 nitrogen and oxygen atoms in total. The molecule has 0 amide bonds. The Bertz CT molecular complexity index is 776. The molecule has 0 spiro atoms. The Morgan fingerprint density at radius 3 is 2.85 bits per heavy atom. The second-order valence-corrected chi connectivity index (χ2v) is 6.11. The lowest BCUT2D eigenvalue weighted by Crippen LogP contribution is -2.11. The number of hydrogen-bond donors (Lipinski definition) is 3. The van der Waals surface area contributed by atoms with Gasteiger partial charge in [0.2, 0.25) is 5.95 Å². The predicted molar refractivity (Wildman–Crippen MR) is 87.7 cm³/mol. The molecule has 4 N–H and O–H groups in total. The Morgan fingerprint density at radius 2 is 2.10 bits per heavy atom. The number of nitrogen functional groups attached to an aromatic ring is 1. The number of hydrogen-bond acceptors (Lipinski definition) is 6. The second kappa shape index (κ2) is 5.53. The summed E-state index contributed by atoms with van der Waals surface area (Å²) in [7, 11) is 0. The molecule has 0 fully saturated rings. The van der Waals surface area contributed by atoms with Crippen LogP contribution < -0.4 is 16.6 Å². The molecule has 3 aromatic rings. The summed E-state index contributed by atoms with van der Waals surface area (Å²) in [5, 5.41) is 6.82. The molecule has 2 aromatic heterocycles. The van der Waals surface area contributed by atoms with Gasteiger partial charge in [0.25, 0.3) is 0 Å². The molecule has 0 bridgehead atoms. The van der Waals surface area contributed by atoms with Gasteiger partial charge in [-0.25, -0.2) is 10.8 Å². The van der Waals surface area contributed by atoms with E-state index in [1.807, 2.05) is 29.6 Å². The number of nitrogens with zero attached hydrogens (tertiary/aromatic N) is 2. The van der Waals surface area contributed by atoms with Crippen molar-refractivity contribution in [2.24, 2.45) is 5.84 Å². The molecule has 8 heteroatoms. The summed E-state index contributed by atoms with van der Waals surface area (Å²) in [6, 6.07) is 7.47. The highest BCUT2D eigenvalue weighted by molar-refractivity contribution is 9.10. The molecule has 0 saturated heterocycles. The highest BCUT2D eigenvalue weighted by atomic mass is 79.9. The summed E-state index contributed by atoms with van der Waals surface area (Å²) in [5.41, 5.74) is 3.33. The zero-order valence-corrected chi connectivity index (χ0v) is 13.2. The minimum atomic E-state index is 0.368. The first-order valence-electron chi connectivity index (χ1n) is 5.61. The van der Waals surface area contributed by atoms with Gasteiger partial charge in [0, 0.05) is 9.50 Å². The van der Waals surface area contributed by atoms with Gasteiger partial charge in [0.15, 0.2) is 0 Å². The lowest BCUT2D eigenvalue weighted by Gasteiger charge is -2.10. The van der Waals surface area contributed by atoms with Crippen molar-refractivity contribution in [3.63, 3.8) is 0 Å². The number of hydrazine groups is 1. The number of fused-ring (bicyclic) bond motifs is 1. The summed E-state index contributed by atoms with van der Waals surface area (Å²) in [6.45, 7) is 0. The normalized spacial score (nSPS) is 10.8. The molecule has 2 heterocycles. The van der Waals surface area contributed by atoms with E-state index in [-0.39, 0.29) is 0 Å². The van der Waals surface area contributed by atoms with Gasteiger partial charge in [-0.15, -0.1) is 11.3 Å². The zero-order valence-electron chi connectivity index (χ0n) is 10.0. The van der Waals surface area contributed by atoms with Gasteiger partial charge in [0.05, 0.1) is 11.1 Å². The number of nitrogens with two attached hydrogens (primary N) is 1. The van der Waals surface area contributed by atoms with Crippen LogP contribution in [0, 0.1) is 0 Å². The fraction of sp³-hybridized carbons (Fsp3) is 0. The average molecular weight is 371 g/mol. The highest BCUT2D eigenvalue weighted by Gasteiger charge is 2.10. The maximum atomic E-state index is 5.94. The zero-order chi connectivity index (χ0) is 14.1. The van der Waals surface area contributed by atoms with Gasteiger partial charge >= 0.3 is 0 Å². The molecule has 102 valence electrons. The number of aromatic nitrogens is 2. The smallest absolute Gasteiger partial charge is 0.240 e. The first kappa shape index (κ1) is 13.6. The van der Waals surface area contributed by atoms with Crippen LogP contribution in [0.15, 0.2) is 34.1 Å². The lowest BCUT2D eigenvalue weighted by molar-refractivity contribution is 1.16. The van der Waals surface area contributed by atoms with Gasteiger partial charge in [-0.3, -0.25) is 5.43 Å². The number of anilines is 3. The molecule has 0 unspecified atom stereocenters. The third-order valence-corrected chi connectivity index (χ3v) is 4.34. The van der Waals surface area contributed by atoms with Gasteiger partial charge < -0.3 is 5.32 Å². The topological polar surface area (TPSA) is 75.9 Å². The molecular weight excluding hydrogens is 362 g/mol. The van der Waals surface area contributed by atoms with Crippen molar-refractivity contribution in [3.05, 3.63) is 39.1 Å². The fourth-order valence-electron chi connectivity index (χ4n) is 1.73. The van der Waals surface area contributed by atoms with Crippen molar-refractivity contribution in [1.82, 2.24) is 9.97 Å². The molecule has 0 aliphatic carbocycles. The molecule has 0 aliphatic heterocycles. The van der Waals surface area contributed by atoms with E-state index in [1.54, 1.807) is 0 Å². The van der Waals surface area contributed by atoms with Crippen LogP contribution >= 0.6 is 38.9 Å². The molecular formula is C12H9BrClN5S. The molecule has 0 atom stereocenters. The van der Waals surface area contributed by atoms with Gasteiger partial charge in [0.1, 0.15) is 10.6 Å². The van der Waals surface area contributed by atoms with E-state index in [1.165, 1.54) is 11.3 Å². The Balaban J connectivity index is 2.07. The molecule has 0 radical (unpaired) electrons. The van der Waals surface area contributed by atoms with E-state index in [0.717, 1.165) is 20.4 Å². The van der Waals surface area contributed by atoms with Crippen molar-refractivity contribution in [2.75, 3.05) is 10.7 Å². The molecule has 0 aliphatic rings. The van der Waals surface area contributed by atoms with Crippen LogP contribution in [-0.4, -0.2) is 9.97 Å². The van der Waals surface area contributed by atoms with Crippen LogP contribution in [0.2, 0.25) is 5.02 Å². The second-order valence-electron chi connectivity index (χ2n) is 3.93. The number of benzene rings is 1. The van der Waals surface area contributed by atoms with Crippen LogP contribution in [0.25, 0.3) is 10.2 Å². The number of rotatable bonds is 3. The minimum Gasteiger partial charge on any atom is -0.339 e. The van der Waals surface area contributed by atoms with E-state index in [2.05, 4.69) is 36.6 Å². The van der Waals surface area contributed by atoms with Crippen molar-refractivity contribution in [1.29, 1.82) is 0 Å². The van der Waals surface area contributed by atoms with E-state index >= 15 is 0 Å². The Hall–Kier alpha value is -1.41. The first-order valence-corrected chi connectivity index (χ1v) is 7.66. The standard InChI is InChI=1S/C12H9BrClN5S/c13-8-5-6(14)1-2-9(8)16-10-7-3-4-20-11(7)18-12(17-10)19-15/h1-5H,15H2,(H2,16,17,18,19). The summed E-state index contributed by atoms with van der Waals surface area (Å²) < 4.78 is 0.856. The third kappa shape index (κ3) is 2.57. The van der Waals surface area contributed by atoms with Crippen molar-refractivity contribution in [2.45, 2.75) is 0 Å². The number of nitrogens with one attached hydrogen (secondary N) is 2. The summed E-state index contributed by atoms with van der Waals surface area (Å²) in [4.78, 5) is 9.50. The SMILES string of the molecule is NNc1nc(Nc2ccc(Cl)cc2Br)c2ccsc2n1. The monoisotopic (exact) mass is 369 g/mol. The molecule has 1 aromatic carbocycles. The van der Waals surface area contributed by atoms with Gasteiger partial charge in [-0.1, -0.05) is 11.6 Å². The highest BCUT2D eigenvalue weighted by Crippen LogP contribution is 2.32. The molecule has 0 saturated carbocycles. The largest absolute Gasteiger partial charge is 0.339 e. The number of thiophene rings is 1. The third-order valence-electron chi connectivity index (χ3n) is 2.64.